The maximum absolute atomic E-state index is 12.5. The van der Waals surface area contributed by atoms with E-state index in [1.165, 1.54) is 29.2 Å². The Balaban J connectivity index is 1.49. The molecule has 1 saturated heterocycles. The van der Waals surface area contributed by atoms with Crippen LogP contribution in [0.1, 0.15) is 13.3 Å². The van der Waals surface area contributed by atoms with Crippen molar-refractivity contribution in [2.45, 2.75) is 17.7 Å². The summed E-state index contributed by atoms with van der Waals surface area (Å²) in [7, 11) is 0. The number of thioether (sulfide) groups is 1. The number of hydrogen-bond acceptors (Lipinski definition) is 9. The monoisotopic (exact) mass is 422 g/mol. The van der Waals surface area contributed by atoms with Crippen LogP contribution < -0.4 is 10.2 Å². The van der Waals surface area contributed by atoms with Crippen LogP contribution in [0, 0.1) is 10.1 Å². The van der Waals surface area contributed by atoms with Gasteiger partial charge in [-0.25, -0.2) is 0 Å². The van der Waals surface area contributed by atoms with Crippen molar-refractivity contribution in [2.75, 3.05) is 48.7 Å². The van der Waals surface area contributed by atoms with E-state index in [0.717, 1.165) is 22.4 Å². The summed E-state index contributed by atoms with van der Waals surface area (Å²) in [5, 5.41) is 23.3. The highest BCUT2D eigenvalue weighted by molar-refractivity contribution is 8.01. The Kier molecular flexibility index (Phi) is 7.04. The third kappa shape index (κ3) is 5.10. The van der Waals surface area contributed by atoms with Crippen molar-refractivity contribution in [1.29, 1.82) is 0 Å². The van der Waals surface area contributed by atoms with Gasteiger partial charge in [0.1, 0.15) is 5.69 Å². The fraction of sp³-hybridized carbons (Fsp3) is 0.471. The molecular weight excluding hydrogens is 400 g/mol. The second-order valence-electron chi connectivity index (χ2n) is 6.20. The lowest BCUT2D eigenvalue weighted by atomic mass is 10.2. The van der Waals surface area contributed by atoms with Gasteiger partial charge in [-0.1, -0.05) is 42.2 Å². The summed E-state index contributed by atoms with van der Waals surface area (Å²) in [6.07, 6.45) is 1.01. The Morgan fingerprint density at radius 2 is 2.04 bits per heavy atom. The zero-order valence-corrected chi connectivity index (χ0v) is 17.2. The van der Waals surface area contributed by atoms with Gasteiger partial charge < -0.3 is 15.1 Å². The molecule has 11 heteroatoms. The molecule has 0 saturated carbocycles. The second kappa shape index (κ2) is 9.69. The van der Waals surface area contributed by atoms with Crippen molar-refractivity contribution in [3.63, 3.8) is 0 Å². The number of amides is 1. The van der Waals surface area contributed by atoms with Crippen molar-refractivity contribution in [3.8, 4) is 0 Å². The van der Waals surface area contributed by atoms with Gasteiger partial charge in [-0.05, 0) is 12.5 Å². The second-order valence-corrected chi connectivity index (χ2v) is 8.40. The summed E-state index contributed by atoms with van der Waals surface area (Å²) in [6, 6.07) is 6.72. The molecule has 2 heterocycles. The average molecular weight is 423 g/mol. The smallest absolute Gasteiger partial charge is 0.292 e. The van der Waals surface area contributed by atoms with Gasteiger partial charge in [-0.3, -0.25) is 14.9 Å². The molecule has 0 bridgehead atoms. The molecule has 1 amide bonds. The standard InChI is InChI=1S/C17H22N6O3S2/c1-2-7-18-16-19-20-17(28-16)27-12-15(24)22-10-8-21(9-11-22)13-5-3-4-6-14(13)23(25)26/h3-6H,2,7-12H2,1H3,(H,18,19). The molecule has 0 unspecified atom stereocenters. The van der Waals surface area contributed by atoms with E-state index >= 15 is 0 Å². The first-order chi connectivity index (χ1) is 13.6. The first-order valence-electron chi connectivity index (χ1n) is 9.04. The van der Waals surface area contributed by atoms with Gasteiger partial charge in [0, 0.05) is 38.8 Å². The Labute approximate surface area is 171 Å². The maximum Gasteiger partial charge on any atom is 0.292 e. The molecule has 3 rings (SSSR count). The molecule has 0 spiro atoms. The van der Waals surface area contributed by atoms with Crippen molar-refractivity contribution < 1.29 is 9.72 Å². The minimum atomic E-state index is -0.366. The van der Waals surface area contributed by atoms with Gasteiger partial charge in [-0.15, -0.1) is 10.2 Å². The number of para-hydroxylation sites is 2. The van der Waals surface area contributed by atoms with Crippen molar-refractivity contribution in [1.82, 2.24) is 15.1 Å². The van der Waals surface area contributed by atoms with Crippen LogP contribution in [0.25, 0.3) is 0 Å². The number of hydrogen-bond donors (Lipinski definition) is 1. The molecule has 1 aliphatic rings. The van der Waals surface area contributed by atoms with Crippen LogP contribution in [0.15, 0.2) is 28.6 Å². The number of nitro groups is 1. The Hall–Kier alpha value is -2.40. The first kappa shape index (κ1) is 20.3. The Morgan fingerprint density at radius 1 is 1.29 bits per heavy atom. The van der Waals surface area contributed by atoms with Gasteiger partial charge in [0.05, 0.1) is 10.7 Å². The molecular formula is C17H22N6O3S2. The number of anilines is 2. The lowest BCUT2D eigenvalue weighted by molar-refractivity contribution is -0.384. The largest absolute Gasteiger partial charge is 0.362 e. The van der Waals surface area contributed by atoms with Crippen LogP contribution in [-0.2, 0) is 4.79 Å². The molecule has 1 fully saturated rings. The topological polar surface area (TPSA) is 104 Å². The van der Waals surface area contributed by atoms with Crippen molar-refractivity contribution in [3.05, 3.63) is 34.4 Å². The molecule has 1 N–H and O–H groups in total. The van der Waals surface area contributed by atoms with E-state index in [1.807, 2.05) is 4.90 Å². The van der Waals surface area contributed by atoms with Crippen molar-refractivity contribution >= 4 is 45.5 Å². The van der Waals surface area contributed by atoms with E-state index in [9.17, 15) is 14.9 Å². The predicted octanol–water partition coefficient (Wildman–Crippen LogP) is 2.71. The van der Waals surface area contributed by atoms with E-state index < -0.39 is 0 Å². The molecule has 9 nitrogen and oxygen atoms in total. The van der Waals surface area contributed by atoms with Crippen LogP contribution in [-0.4, -0.2) is 64.4 Å². The molecule has 2 aromatic rings. The van der Waals surface area contributed by atoms with Gasteiger partial charge >= 0.3 is 0 Å². The molecule has 1 aromatic heterocycles. The first-order valence-corrected chi connectivity index (χ1v) is 10.8. The van der Waals surface area contributed by atoms with Gasteiger partial charge in [0.15, 0.2) is 4.34 Å². The molecule has 0 aliphatic carbocycles. The number of benzene rings is 1. The summed E-state index contributed by atoms with van der Waals surface area (Å²) < 4.78 is 0.769. The highest BCUT2D eigenvalue weighted by atomic mass is 32.2. The van der Waals surface area contributed by atoms with E-state index in [2.05, 4.69) is 22.4 Å². The van der Waals surface area contributed by atoms with Crippen LogP contribution in [0.2, 0.25) is 0 Å². The minimum absolute atomic E-state index is 0.0467. The quantitative estimate of drug-likeness (QED) is 0.393. The normalized spacial score (nSPS) is 14.2. The van der Waals surface area contributed by atoms with Gasteiger partial charge in [0.25, 0.3) is 5.69 Å². The molecule has 1 aliphatic heterocycles. The SMILES string of the molecule is CCCNc1nnc(SCC(=O)N2CCN(c3ccccc3[N+](=O)[O-])CC2)s1. The highest BCUT2D eigenvalue weighted by Gasteiger charge is 2.25. The van der Waals surface area contributed by atoms with Gasteiger partial charge in [-0.2, -0.15) is 0 Å². The predicted molar refractivity (Wildman–Crippen MR) is 111 cm³/mol. The number of nitrogens with zero attached hydrogens (tertiary/aromatic N) is 5. The summed E-state index contributed by atoms with van der Waals surface area (Å²) in [6.45, 7) is 5.17. The Bertz CT molecular complexity index is 823. The number of carbonyl (C=O) groups excluding carboxylic acids is 1. The Morgan fingerprint density at radius 3 is 2.75 bits per heavy atom. The zero-order valence-electron chi connectivity index (χ0n) is 15.5. The molecule has 0 radical (unpaired) electrons. The lowest BCUT2D eigenvalue weighted by Gasteiger charge is -2.35. The number of rotatable bonds is 8. The molecule has 28 heavy (non-hydrogen) atoms. The van der Waals surface area contributed by atoms with E-state index in [1.54, 1.807) is 23.1 Å². The number of aromatic nitrogens is 2. The highest BCUT2D eigenvalue weighted by Crippen LogP contribution is 2.29. The summed E-state index contributed by atoms with van der Waals surface area (Å²) >= 11 is 2.84. The fourth-order valence-corrected chi connectivity index (χ4v) is 4.55. The third-order valence-electron chi connectivity index (χ3n) is 4.30. The molecule has 0 atom stereocenters. The van der Waals surface area contributed by atoms with E-state index in [4.69, 9.17) is 0 Å². The van der Waals surface area contributed by atoms with E-state index in [-0.39, 0.29) is 16.5 Å². The number of piperazine rings is 1. The lowest BCUT2D eigenvalue weighted by Crippen LogP contribution is -2.49. The summed E-state index contributed by atoms with van der Waals surface area (Å²) in [4.78, 5) is 27.1. The van der Waals surface area contributed by atoms with E-state index in [0.29, 0.717) is 37.6 Å². The van der Waals surface area contributed by atoms with Crippen LogP contribution in [0.3, 0.4) is 0 Å². The summed E-state index contributed by atoms with van der Waals surface area (Å²) in [5.74, 6) is 0.360. The number of carbonyl (C=O) groups is 1. The molecule has 150 valence electrons. The van der Waals surface area contributed by atoms with Crippen LogP contribution in [0.5, 0.6) is 0 Å². The zero-order chi connectivity index (χ0) is 19.9. The van der Waals surface area contributed by atoms with Gasteiger partial charge in [0.2, 0.25) is 11.0 Å². The molecule has 1 aromatic carbocycles. The third-order valence-corrected chi connectivity index (χ3v) is 6.30. The number of nitrogens with one attached hydrogen (secondary N) is 1. The van der Waals surface area contributed by atoms with Crippen LogP contribution in [0.4, 0.5) is 16.5 Å². The van der Waals surface area contributed by atoms with Crippen molar-refractivity contribution in [2.24, 2.45) is 0 Å². The minimum Gasteiger partial charge on any atom is -0.362 e. The fourth-order valence-electron chi connectivity index (χ4n) is 2.87. The average Bonchev–Trinajstić information content (AvgIpc) is 3.18. The number of nitro benzene ring substituents is 1. The summed E-state index contributed by atoms with van der Waals surface area (Å²) in [5.41, 5.74) is 0.705. The van der Waals surface area contributed by atoms with Crippen LogP contribution >= 0.6 is 23.1 Å². The maximum atomic E-state index is 12.5.